The Balaban J connectivity index is 0.000000720. The fraction of sp³-hybridized carbons (Fsp3) is 0.125. The third-order valence-corrected chi connectivity index (χ3v) is 1.67. The Morgan fingerprint density at radius 1 is 1.38 bits per heavy atom. The minimum Gasteiger partial charge on any atom is -0.342 e. The summed E-state index contributed by atoms with van der Waals surface area (Å²) in [7, 11) is 0. The van der Waals surface area contributed by atoms with Crippen LogP contribution in [-0.4, -0.2) is 9.97 Å². The molecule has 13 heavy (non-hydrogen) atoms. The second kappa shape index (κ2) is 5.07. The number of hydrogen-bond donors (Lipinski definition) is 2. The molecule has 0 saturated carbocycles. The predicted molar refractivity (Wildman–Crippen MR) is 58.5 cm³/mol. The van der Waals surface area contributed by atoms with Gasteiger partial charge in [-0.05, 0) is 18.2 Å². The Kier molecular flexibility index (Phi) is 4.77. The number of nitrogens with one attached hydrogen (secondary N) is 1. The predicted octanol–water partition coefficient (Wildman–Crippen LogP) is 1.87. The second-order valence-corrected chi connectivity index (χ2v) is 2.44. The van der Waals surface area contributed by atoms with E-state index in [2.05, 4.69) is 9.97 Å². The Hall–Kier alpha value is -0.770. The molecule has 0 aliphatic rings. The van der Waals surface area contributed by atoms with E-state index in [1.54, 1.807) is 6.20 Å². The molecule has 3 N–H and O–H groups in total. The summed E-state index contributed by atoms with van der Waals surface area (Å²) >= 11 is 0. The number of halogens is 2. The van der Waals surface area contributed by atoms with Crippen LogP contribution in [0.2, 0.25) is 0 Å². The zero-order valence-corrected chi connectivity index (χ0v) is 8.49. The summed E-state index contributed by atoms with van der Waals surface area (Å²) in [4.78, 5) is 7.25. The highest BCUT2D eigenvalue weighted by atomic mass is 35.5. The molecule has 0 fully saturated rings. The number of rotatable bonds is 1. The highest BCUT2D eigenvalue weighted by molar-refractivity contribution is 5.85. The Labute approximate surface area is 88.6 Å². The number of aromatic amines is 1. The largest absolute Gasteiger partial charge is 0.342 e. The van der Waals surface area contributed by atoms with Crippen LogP contribution in [0.4, 0.5) is 0 Å². The van der Waals surface area contributed by atoms with Gasteiger partial charge >= 0.3 is 0 Å². The van der Waals surface area contributed by atoms with Crippen molar-refractivity contribution in [3.63, 3.8) is 0 Å². The maximum Gasteiger partial charge on any atom is 0.137 e. The number of pyridine rings is 1. The highest BCUT2D eigenvalue weighted by Crippen LogP contribution is 2.10. The third-order valence-electron chi connectivity index (χ3n) is 1.67. The van der Waals surface area contributed by atoms with E-state index < -0.39 is 0 Å². The number of H-pyrrole nitrogens is 1. The molecular weight excluding hydrogens is 209 g/mol. The van der Waals surface area contributed by atoms with E-state index in [0.29, 0.717) is 6.54 Å². The van der Waals surface area contributed by atoms with E-state index in [4.69, 9.17) is 5.73 Å². The van der Waals surface area contributed by atoms with E-state index in [-0.39, 0.29) is 24.8 Å². The van der Waals surface area contributed by atoms with Gasteiger partial charge in [0.15, 0.2) is 0 Å². The quantitative estimate of drug-likeness (QED) is 0.770. The smallest absolute Gasteiger partial charge is 0.137 e. The highest BCUT2D eigenvalue weighted by Gasteiger charge is 1.96. The van der Waals surface area contributed by atoms with Gasteiger partial charge in [0.25, 0.3) is 0 Å². The van der Waals surface area contributed by atoms with Crippen LogP contribution in [0.15, 0.2) is 24.4 Å². The van der Waals surface area contributed by atoms with Crippen LogP contribution < -0.4 is 5.73 Å². The summed E-state index contributed by atoms with van der Waals surface area (Å²) in [6.45, 7) is 0.538. The standard InChI is InChI=1S/C8H9N3.2ClH/c9-5-7-4-6-2-1-3-10-8(6)11-7;;/h1-4H,5,9H2,(H,10,11);2*1H. The van der Waals surface area contributed by atoms with Crippen molar-refractivity contribution in [2.75, 3.05) is 0 Å². The Bertz CT molecular complexity index is 339. The van der Waals surface area contributed by atoms with Crippen molar-refractivity contribution in [3.8, 4) is 0 Å². The van der Waals surface area contributed by atoms with Crippen molar-refractivity contribution in [1.82, 2.24) is 9.97 Å². The number of nitrogens with two attached hydrogens (primary N) is 1. The molecule has 0 spiro atoms. The first kappa shape index (κ1) is 12.2. The van der Waals surface area contributed by atoms with Crippen molar-refractivity contribution in [3.05, 3.63) is 30.1 Å². The van der Waals surface area contributed by atoms with Crippen LogP contribution in [0.3, 0.4) is 0 Å². The lowest BCUT2D eigenvalue weighted by molar-refractivity contribution is 1.02. The van der Waals surface area contributed by atoms with Crippen LogP contribution >= 0.6 is 24.8 Å². The normalized spacial score (nSPS) is 9.00. The first-order valence-electron chi connectivity index (χ1n) is 3.53. The van der Waals surface area contributed by atoms with Gasteiger partial charge in [-0.1, -0.05) is 0 Å². The molecule has 0 atom stereocenters. The first-order chi connectivity index (χ1) is 5.40. The molecule has 2 rings (SSSR count). The summed E-state index contributed by atoms with van der Waals surface area (Å²) < 4.78 is 0. The van der Waals surface area contributed by atoms with Gasteiger partial charge in [0.1, 0.15) is 5.65 Å². The van der Waals surface area contributed by atoms with E-state index in [9.17, 15) is 0 Å². The van der Waals surface area contributed by atoms with Crippen molar-refractivity contribution in [1.29, 1.82) is 0 Å². The number of fused-ring (bicyclic) bond motifs is 1. The minimum absolute atomic E-state index is 0. The second-order valence-electron chi connectivity index (χ2n) is 2.44. The fourth-order valence-corrected chi connectivity index (χ4v) is 1.12. The minimum atomic E-state index is 0. The first-order valence-corrected chi connectivity index (χ1v) is 3.53. The molecule has 0 radical (unpaired) electrons. The number of nitrogens with zero attached hydrogens (tertiary/aromatic N) is 1. The van der Waals surface area contributed by atoms with Crippen LogP contribution in [0, 0.1) is 0 Å². The van der Waals surface area contributed by atoms with Gasteiger partial charge in [-0.25, -0.2) is 4.98 Å². The molecule has 3 nitrogen and oxygen atoms in total. The van der Waals surface area contributed by atoms with Gasteiger partial charge in [0, 0.05) is 23.8 Å². The SMILES string of the molecule is Cl.Cl.NCc1cc2cccnc2[nH]1. The maximum absolute atomic E-state index is 5.45. The van der Waals surface area contributed by atoms with Crippen molar-refractivity contribution in [2.45, 2.75) is 6.54 Å². The topological polar surface area (TPSA) is 54.7 Å². The summed E-state index contributed by atoms with van der Waals surface area (Å²) in [5.74, 6) is 0. The van der Waals surface area contributed by atoms with Gasteiger partial charge in [-0.3, -0.25) is 0 Å². The van der Waals surface area contributed by atoms with Gasteiger partial charge in [-0.2, -0.15) is 0 Å². The molecule has 2 aromatic rings. The van der Waals surface area contributed by atoms with Crippen LogP contribution in [0.5, 0.6) is 0 Å². The van der Waals surface area contributed by atoms with Crippen LogP contribution in [0.1, 0.15) is 5.69 Å². The molecule has 2 heterocycles. The van der Waals surface area contributed by atoms with Crippen molar-refractivity contribution in [2.24, 2.45) is 5.73 Å². The van der Waals surface area contributed by atoms with Crippen molar-refractivity contribution >= 4 is 35.8 Å². The fourth-order valence-electron chi connectivity index (χ4n) is 1.12. The van der Waals surface area contributed by atoms with Crippen molar-refractivity contribution < 1.29 is 0 Å². The van der Waals surface area contributed by atoms with E-state index in [1.165, 1.54) is 0 Å². The summed E-state index contributed by atoms with van der Waals surface area (Å²) in [6.07, 6.45) is 1.76. The summed E-state index contributed by atoms with van der Waals surface area (Å²) in [6, 6.07) is 5.94. The zero-order valence-electron chi connectivity index (χ0n) is 6.86. The Morgan fingerprint density at radius 3 is 2.77 bits per heavy atom. The monoisotopic (exact) mass is 219 g/mol. The third kappa shape index (κ3) is 2.34. The summed E-state index contributed by atoms with van der Waals surface area (Å²) in [5.41, 5.74) is 7.39. The number of hydrogen-bond acceptors (Lipinski definition) is 2. The molecule has 0 unspecified atom stereocenters. The maximum atomic E-state index is 5.45. The molecule has 0 amide bonds. The van der Waals surface area contributed by atoms with E-state index >= 15 is 0 Å². The molecule has 2 aromatic heterocycles. The zero-order chi connectivity index (χ0) is 7.68. The van der Waals surface area contributed by atoms with E-state index in [0.717, 1.165) is 16.7 Å². The van der Waals surface area contributed by atoms with Gasteiger partial charge in [-0.15, -0.1) is 24.8 Å². The molecule has 72 valence electrons. The summed E-state index contributed by atoms with van der Waals surface area (Å²) in [5, 5.41) is 1.12. The molecule has 5 heteroatoms. The van der Waals surface area contributed by atoms with Crippen LogP contribution in [0.25, 0.3) is 11.0 Å². The lowest BCUT2D eigenvalue weighted by Gasteiger charge is -1.84. The molecule has 0 bridgehead atoms. The number of aromatic nitrogens is 2. The molecule has 0 aliphatic carbocycles. The van der Waals surface area contributed by atoms with E-state index in [1.807, 2.05) is 18.2 Å². The molecule has 0 saturated heterocycles. The lowest BCUT2D eigenvalue weighted by Crippen LogP contribution is -1.95. The lowest BCUT2D eigenvalue weighted by atomic mass is 10.3. The van der Waals surface area contributed by atoms with Crippen LogP contribution in [-0.2, 0) is 6.54 Å². The molecular formula is C8H11Cl2N3. The molecule has 0 aromatic carbocycles. The Morgan fingerprint density at radius 2 is 2.15 bits per heavy atom. The average Bonchev–Trinajstić information content (AvgIpc) is 2.46. The van der Waals surface area contributed by atoms with Gasteiger partial charge < -0.3 is 10.7 Å². The molecule has 0 aliphatic heterocycles. The van der Waals surface area contributed by atoms with Gasteiger partial charge in [0.2, 0.25) is 0 Å². The average molecular weight is 220 g/mol. The van der Waals surface area contributed by atoms with Gasteiger partial charge in [0.05, 0.1) is 0 Å².